The third-order valence-electron chi connectivity index (χ3n) is 3.18. The zero-order valence-corrected chi connectivity index (χ0v) is 11.3. The van der Waals surface area contributed by atoms with Gasteiger partial charge in [0.15, 0.2) is 0 Å². The van der Waals surface area contributed by atoms with Crippen LogP contribution in [0.15, 0.2) is 12.1 Å². The van der Waals surface area contributed by atoms with Crippen molar-refractivity contribution in [3.05, 3.63) is 23.3 Å². The normalized spacial score (nSPS) is 12.2. The molecule has 0 saturated carbocycles. The summed E-state index contributed by atoms with van der Waals surface area (Å²) in [6.07, 6.45) is 1.62. The minimum Gasteiger partial charge on any atom is -0.507 e. The quantitative estimate of drug-likeness (QED) is 0.750. The van der Waals surface area contributed by atoms with Gasteiger partial charge in [0.25, 0.3) is 0 Å². The molecule has 0 fully saturated rings. The van der Waals surface area contributed by atoms with Gasteiger partial charge in [-0.15, -0.1) is 0 Å². The van der Waals surface area contributed by atoms with Crippen LogP contribution in [0.5, 0.6) is 5.75 Å². The second kappa shape index (κ2) is 6.40. The number of anilines is 1. The number of phenolic OH excluding ortho intramolecular Hbond substituents is 1. The van der Waals surface area contributed by atoms with E-state index in [4.69, 9.17) is 5.73 Å². The molecule has 1 amide bonds. The first kappa shape index (κ1) is 14.5. The van der Waals surface area contributed by atoms with Gasteiger partial charge in [0, 0.05) is 17.2 Å². The summed E-state index contributed by atoms with van der Waals surface area (Å²) >= 11 is 0. The van der Waals surface area contributed by atoms with Gasteiger partial charge >= 0.3 is 0 Å². The molecule has 0 aromatic heterocycles. The number of carbonyl (C=O) groups is 1. The molecule has 0 aliphatic heterocycles. The van der Waals surface area contributed by atoms with Gasteiger partial charge in [-0.1, -0.05) is 13.0 Å². The molecule has 1 rings (SSSR count). The number of aromatic hydroxyl groups is 1. The zero-order chi connectivity index (χ0) is 13.7. The molecule has 100 valence electrons. The van der Waals surface area contributed by atoms with Crippen LogP contribution >= 0.6 is 0 Å². The summed E-state index contributed by atoms with van der Waals surface area (Å²) in [5.41, 5.74) is 7.60. The topological polar surface area (TPSA) is 75.4 Å². The van der Waals surface area contributed by atoms with Crippen LogP contribution in [0.4, 0.5) is 5.69 Å². The number of carbonyl (C=O) groups excluding carboxylic acids is 1. The summed E-state index contributed by atoms with van der Waals surface area (Å²) in [7, 11) is 0. The third-order valence-corrected chi connectivity index (χ3v) is 3.18. The Morgan fingerprint density at radius 2 is 2.11 bits per heavy atom. The molecule has 1 unspecified atom stereocenters. The molecule has 0 spiro atoms. The van der Waals surface area contributed by atoms with E-state index in [-0.39, 0.29) is 17.6 Å². The number of aryl methyl sites for hydroxylation is 1. The minimum absolute atomic E-state index is 0.0326. The van der Waals surface area contributed by atoms with E-state index in [0.29, 0.717) is 17.8 Å². The lowest BCUT2D eigenvalue weighted by molar-refractivity contribution is -0.119. The SMILES string of the molecule is Cc1ccc(NC(=O)C(C)CCCN)c(C)c1O. The molecule has 0 aliphatic carbocycles. The number of hydrogen-bond donors (Lipinski definition) is 3. The van der Waals surface area contributed by atoms with Gasteiger partial charge in [0.05, 0.1) is 0 Å². The average Bonchev–Trinajstić information content (AvgIpc) is 2.36. The maximum absolute atomic E-state index is 11.9. The third kappa shape index (κ3) is 3.47. The standard InChI is InChI=1S/C14H22N2O2/c1-9-6-7-12(11(3)13(9)17)16-14(18)10(2)5-4-8-15/h6-7,10,17H,4-5,8,15H2,1-3H3,(H,16,18). The predicted molar refractivity (Wildman–Crippen MR) is 73.7 cm³/mol. The van der Waals surface area contributed by atoms with Crippen molar-refractivity contribution < 1.29 is 9.90 Å². The highest BCUT2D eigenvalue weighted by Gasteiger charge is 2.14. The maximum atomic E-state index is 11.9. The van der Waals surface area contributed by atoms with E-state index in [1.54, 1.807) is 13.0 Å². The van der Waals surface area contributed by atoms with E-state index in [1.807, 2.05) is 19.9 Å². The first-order chi connectivity index (χ1) is 8.47. The fourth-order valence-electron chi connectivity index (χ4n) is 1.78. The van der Waals surface area contributed by atoms with Crippen molar-refractivity contribution in [1.82, 2.24) is 0 Å². The average molecular weight is 250 g/mol. The first-order valence-corrected chi connectivity index (χ1v) is 6.27. The lowest BCUT2D eigenvalue weighted by Gasteiger charge is -2.14. The Morgan fingerprint density at radius 1 is 1.44 bits per heavy atom. The number of phenols is 1. The number of amides is 1. The van der Waals surface area contributed by atoms with Crippen LogP contribution in [0.25, 0.3) is 0 Å². The molecule has 4 nitrogen and oxygen atoms in total. The van der Waals surface area contributed by atoms with Crippen molar-refractivity contribution in [3.8, 4) is 5.75 Å². The molecule has 0 bridgehead atoms. The van der Waals surface area contributed by atoms with Crippen molar-refractivity contribution in [2.24, 2.45) is 11.7 Å². The number of nitrogens with one attached hydrogen (secondary N) is 1. The summed E-state index contributed by atoms with van der Waals surface area (Å²) in [6, 6.07) is 3.61. The van der Waals surface area contributed by atoms with Crippen LogP contribution in [0.3, 0.4) is 0 Å². The van der Waals surface area contributed by atoms with E-state index in [2.05, 4.69) is 5.32 Å². The fourth-order valence-corrected chi connectivity index (χ4v) is 1.78. The van der Waals surface area contributed by atoms with Gasteiger partial charge in [-0.25, -0.2) is 0 Å². The number of nitrogens with two attached hydrogens (primary N) is 1. The molecular weight excluding hydrogens is 228 g/mol. The van der Waals surface area contributed by atoms with Crippen LogP contribution in [0, 0.1) is 19.8 Å². The van der Waals surface area contributed by atoms with Gasteiger partial charge in [0.1, 0.15) is 5.75 Å². The van der Waals surface area contributed by atoms with Crippen molar-refractivity contribution in [3.63, 3.8) is 0 Å². The smallest absolute Gasteiger partial charge is 0.227 e. The van der Waals surface area contributed by atoms with Gasteiger partial charge in [-0.05, 0) is 44.9 Å². The minimum atomic E-state index is -0.0728. The number of rotatable bonds is 5. The summed E-state index contributed by atoms with van der Waals surface area (Å²) in [6.45, 7) is 6.11. The number of benzene rings is 1. The monoisotopic (exact) mass is 250 g/mol. The van der Waals surface area contributed by atoms with Gasteiger partial charge in [-0.2, -0.15) is 0 Å². The molecule has 4 N–H and O–H groups in total. The summed E-state index contributed by atoms with van der Waals surface area (Å²) in [4.78, 5) is 11.9. The largest absolute Gasteiger partial charge is 0.507 e. The molecule has 18 heavy (non-hydrogen) atoms. The fraction of sp³-hybridized carbons (Fsp3) is 0.500. The van der Waals surface area contributed by atoms with Gasteiger partial charge in [0.2, 0.25) is 5.91 Å². The van der Waals surface area contributed by atoms with Crippen LogP contribution in [-0.4, -0.2) is 17.6 Å². The zero-order valence-electron chi connectivity index (χ0n) is 11.3. The van der Waals surface area contributed by atoms with Crippen LogP contribution in [0.1, 0.15) is 30.9 Å². The Balaban J connectivity index is 2.73. The molecular formula is C14H22N2O2. The van der Waals surface area contributed by atoms with Crippen LogP contribution < -0.4 is 11.1 Å². The molecule has 1 aromatic rings. The highest BCUT2D eigenvalue weighted by atomic mass is 16.3. The second-order valence-corrected chi connectivity index (χ2v) is 4.72. The Labute approximate surface area is 108 Å². The second-order valence-electron chi connectivity index (χ2n) is 4.72. The first-order valence-electron chi connectivity index (χ1n) is 6.27. The highest BCUT2D eigenvalue weighted by molar-refractivity contribution is 5.93. The molecule has 4 heteroatoms. The summed E-state index contributed by atoms with van der Waals surface area (Å²) in [5, 5.41) is 12.7. The van der Waals surface area contributed by atoms with E-state index in [9.17, 15) is 9.90 Å². The predicted octanol–water partition coefficient (Wildman–Crippen LogP) is 2.32. The van der Waals surface area contributed by atoms with E-state index < -0.39 is 0 Å². The molecule has 0 heterocycles. The van der Waals surface area contributed by atoms with Gasteiger partial charge in [-0.3, -0.25) is 4.79 Å². The van der Waals surface area contributed by atoms with Crippen LogP contribution in [0.2, 0.25) is 0 Å². The Hall–Kier alpha value is -1.55. The molecule has 0 saturated heterocycles. The van der Waals surface area contributed by atoms with Crippen molar-refractivity contribution in [2.45, 2.75) is 33.6 Å². The Morgan fingerprint density at radius 3 is 2.72 bits per heavy atom. The number of hydrogen-bond acceptors (Lipinski definition) is 3. The van der Waals surface area contributed by atoms with Crippen molar-refractivity contribution >= 4 is 11.6 Å². The molecule has 0 radical (unpaired) electrons. The van der Waals surface area contributed by atoms with E-state index in [0.717, 1.165) is 18.4 Å². The molecule has 0 aliphatic rings. The lowest BCUT2D eigenvalue weighted by Crippen LogP contribution is -2.21. The molecule has 1 atom stereocenters. The molecule has 1 aromatic carbocycles. The summed E-state index contributed by atoms with van der Waals surface area (Å²) in [5.74, 6) is 0.133. The van der Waals surface area contributed by atoms with Gasteiger partial charge < -0.3 is 16.2 Å². The van der Waals surface area contributed by atoms with E-state index >= 15 is 0 Å². The Kier molecular flexibility index (Phi) is 5.16. The summed E-state index contributed by atoms with van der Waals surface area (Å²) < 4.78 is 0. The van der Waals surface area contributed by atoms with E-state index in [1.165, 1.54) is 0 Å². The van der Waals surface area contributed by atoms with Crippen molar-refractivity contribution in [2.75, 3.05) is 11.9 Å². The van der Waals surface area contributed by atoms with Crippen molar-refractivity contribution in [1.29, 1.82) is 0 Å². The Bertz CT molecular complexity index is 430. The van der Waals surface area contributed by atoms with Crippen LogP contribution in [-0.2, 0) is 4.79 Å². The highest BCUT2D eigenvalue weighted by Crippen LogP contribution is 2.28. The maximum Gasteiger partial charge on any atom is 0.227 e. The lowest BCUT2D eigenvalue weighted by atomic mass is 10.0.